The minimum Gasteiger partial charge on any atom is -0.467 e. The molecule has 3 heteroatoms. The van der Waals surface area contributed by atoms with Crippen LogP contribution in [0.2, 0.25) is 0 Å². The molecule has 0 aliphatic heterocycles. The van der Waals surface area contributed by atoms with Gasteiger partial charge in [0.15, 0.2) is 6.79 Å². The monoisotopic (exact) mass is 271 g/mol. The Labute approximate surface area is 120 Å². The summed E-state index contributed by atoms with van der Waals surface area (Å²) in [6.45, 7) is 2.83. The average molecular weight is 271 g/mol. The molecule has 2 aromatic rings. The molecule has 0 amide bonds. The van der Waals surface area contributed by atoms with E-state index in [2.05, 4.69) is 6.92 Å². The molecular formula is C17H21NO2. The summed E-state index contributed by atoms with van der Waals surface area (Å²) >= 11 is 0. The first kappa shape index (κ1) is 14.6. The highest BCUT2D eigenvalue weighted by molar-refractivity contribution is 5.35. The Morgan fingerprint density at radius 2 is 1.70 bits per heavy atom. The largest absolute Gasteiger partial charge is 0.467 e. The van der Waals surface area contributed by atoms with E-state index < -0.39 is 0 Å². The van der Waals surface area contributed by atoms with Crippen LogP contribution in [0.4, 0.5) is 0 Å². The molecular weight excluding hydrogens is 250 g/mol. The molecule has 0 aliphatic rings. The Bertz CT molecular complexity index is 513. The van der Waals surface area contributed by atoms with Gasteiger partial charge in [0.05, 0.1) is 6.61 Å². The van der Waals surface area contributed by atoms with Crippen molar-refractivity contribution in [2.45, 2.75) is 26.0 Å². The van der Waals surface area contributed by atoms with Crippen molar-refractivity contribution in [3.63, 3.8) is 0 Å². The van der Waals surface area contributed by atoms with Crippen molar-refractivity contribution in [2.24, 2.45) is 5.73 Å². The molecule has 0 heterocycles. The lowest BCUT2D eigenvalue weighted by Crippen LogP contribution is -2.12. The lowest BCUT2D eigenvalue weighted by atomic mass is 10.0. The highest BCUT2D eigenvalue weighted by Crippen LogP contribution is 2.25. The number of benzene rings is 2. The molecule has 2 aromatic carbocycles. The molecule has 0 saturated carbocycles. The first-order chi connectivity index (χ1) is 9.81. The summed E-state index contributed by atoms with van der Waals surface area (Å²) in [5.74, 6) is 0.801. The Morgan fingerprint density at radius 3 is 2.45 bits per heavy atom. The van der Waals surface area contributed by atoms with Crippen LogP contribution in [0, 0.1) is 0 Å². The summed E-state index contributed by atoms with van der Waals surface area (Å²) in [4.78, 5) is 0. The van der Waals surface area contributed by atoms with Crippen molar-refractivity contribution >= 4 is 0 Å². The summed E-state index contributed by atoms with van der Waals surface area (Å²) in [5.41, 5.74) is 8.23. The summed E-state index contributed by atoms with van der Waals surface area (Å²) in [6.07, 6.45) is 0.880. The normalized spacial score (nSPS) is 12.1. The van der Waals surface area contributed by atoms with Gasteiger partial charge < -0.3 is 15.2 Å². The van der Waals surface area contributed by atoms with Crippen molar-refractivity contribution in [3.05, 3.63) is 65.7 Å². The fourth-order valence-corrected chi connectivity index (χ4v) is 1.98. The molecule has 0 aromatic heterocycles. The van der Waals surface area contributed by atoms with Gasteiger partial charge in [0, 0.05) is 11.6 Å². The van der Waals surface area contributed by atoms with Crippen LogP contribution < -0.4 is 10.5 Å². The fraction of sp³-hybridized carbons (Fsp3) is 0.294. The highest BCUT2D eigenvalue weighted by atomic mass is 16.7. The summed E-state index contributed by atoms with van der Waals surface area (Å²) in [7, 11) is 0. The van der Waals surface area contributed by atoms with Crippen molar-refractivity contribution < 1.29 is 9.47 Å². The molecule has 0 radical (unpaired) electrons. The molecule has 0 unspecified atom stereocenters. The van der Waals surface area contributed by atoms with E-state index in [1.165, 1.54) is 0 Å². The lowest BCUT2D eigenvalue weighted by Gasteiger charge is -2.15. The molecule has 1 atom stereocenters. The second-order valence-corrected chi connectivity index (χ2v) is 4.65. The van der Waals surface area contributed by atoms with E-state index in [0.717, 1.165) is 23.3 Å². The Kier molecular flexibility index (Phi) is 5.59. The molecule has 3 nitrogen and oxygen atoms in total. The van der Waals surface area contributed by atoms with Gasteiger partial charge in [-0.3, -0.25) is 0 Å². The number of hydrogen-bond donors (Lipinski definition) is 1. The van der Waals surface area contributed by atoms with E-state index in [4.69, 9.17) is 15.2 Å². The van der Waals surface area contributed by atoms with E-state index in [9.17, 15) is 0 Å². The first-order valence-electron chi connectivity index (χ1n) is 6.90. The lowest BCUT2D eigenvalue weighted by molar-refractivity contribution is 0.00436. The van der Waals surface area contributed by atoms with Crippen molar-refractivity contribution in [2.75, 3.05) is 6.79 Å². The van der Waals surface area contributed by atoms with Crippen LogP contribution in [0.5, 0.6) is 5.75 Å². The fourth-order valence-electron chi connectivity index (χ4n) is 1.98. The maximum absolute atomic E-state index is 6.07. The van der Waals surface area contributed by atoms with E-state index in [-0.39, 0.29) is 12.8 Å². The number of hydrogen-bond acceptors (Lipinski definition) is 3. The van der Waals surface area contributed by atoms with Gasteiger partial charge in [-0.2, -0.15) is 0 Å². The second kappa shape index (κ2) is 7.68. The van der Waals surface area contributed by atoms with Crippen LogP contribution >= 0.6 is 0 Å². The molecule has 2 rings (SSSR count). The van der Waals surface area contributed by atoms with Gasteiger partial charge in [-0.25, -0.2) is 0 Å². The van der Waals surface area contributed by atoms with Crippen LogP contribution in [0.25, 0.3) is 0 Å². The SMILES string of the molecule is CC[C@@H](N)c1ccccc1OCOCc1ccccc1. The van der Waals surface area contributed by atoms with Gasteiger partial charge in [-0.05, 0) is 18.1 Å². The Morgan fingerprint density at radius 1 is 1.00 bits per heavy atom. The third-order valence-corrected chi connectivity index (χ3v) is 3.17. The van der Waals surface area contributed by atoms with Gasteiger partial charge in [0.1, 0.15) is 5.75 Å². The van der Waals surface area contributed by atoms with Gasteiger partial charge in [0.2, 0.25) is 0 Å². The molecule has 0 bridgehead atoms. The van der Waals surface area contributed by atoms with E-state index >= 15 is 0 Å². The predicted octanol–water partition coefficient (Wildman–Crippen LogP) is 3.65. The minimum absolute atomic E-state index is 0.000299. The number of para-hydroxylation sites is 1. The maximum Gasteiger partial charge on any atom is 0.189 e. The first-order valence-corrected chi connectivity index (χ1v) is 6.90. The van der Waals surface area contributed by atoms with Crippen LogP contribution in [0.15, 0.2) is 54.6 Å². The van der Waals surface area contributed by atoms with Crippen molar-refractivity contribution in [1.82, 2.24) is 0 Å². The molecule has 20 heavy (non-hydrogen) atoms. The number of rotatable bonds is 7. The quantitative estimate of drug-likeness (QED) is 0.617. The molecule has 0 fully saturated rings. The highest BCUT2D eigenvalue weighted by Gasteiger charge is 2.09. The minimum atomic E-state index is 0.000299. The van der Waals surface area contributed by atoms with E-state index in [0.29, 0.717) is 6.61 Å². The van der Waals surface area contributed by atoms with Gasteiger partial charge in [-0.1, -0.05) is 55.5 Å². The van der Waals surface area contributed by atoms with Gasteiger partial charge in [-0.15, -0.1) is 0 Å². The van der Waals surface area contributed by atoms with Crippen molar-refractivity contribution in [3.8, 4) is 5.75 Å². The topological polar surface area (TPSA) is 44.5 Å². The van der Waals surface area contributed by atoms with Crippen LogP contribution in [0.3, 0.4) is 0 Å². The van der Waals surface area contributed by atoms with E-state index in [1.54, 1.807) is 0 Å². The molecule has 106 valence electrons. The zero-order chi connectivity index (χ0) is 14.2. The Balaban J connectivity index is 1.85. The molecule has 0 saturated heterocycles. The molecule has 2 N–H and O–H groups in total. The summed E-state index contributed by atoms with van der Waals surface area (Å²) in [5, 5.41) is 0. The van der Waals surface area contributed by atoms with Crippen molar-refractivity contribution in [1.29, 1.82) is 0 Å². The Hall–Kier alpha value is -1.84. The van der Waals surface area contributed by atoms with Crippen LogP contribution in [-0.2, 0) is 11.3 Å². The average Bonchev–Trinajstić information content (AvgIpc) is 2.52. The second-order valence-electron chi connectivity index (χ2n) is 4.65. The van der Waals surface area contributed by atoms with Crippen LogP contribution in [0.1, 0.15) is 30.5 Å². The standard InChI is InChI=1S/C17H21NO2/c1-2-16(18)15-10-6-7-11-17(15)20-13-19-12-14-8-4-3-5-9-14/h3-11,16H,2,12-13,18H2,1H3/t16-/m1/s1. The maximum atomic E-state index is 6.07. The third-order valence-electron chi connectivity index (χ3n) is 3.17. The zero-order valence-corrected chi connectivity index (χ0v) is 11.8. The molecule has 0 aliphatic carbocycles. The zero-order valence-electron chi connectivity index (χ0n) is 11.8. The smallest absolute Gasteiger partial charge is 0.189 e. The summed E-state index contributed by atoms with van der Waals surface area (Å²) in [6, 6.07) is 17.9. The van der Waals surface area contributed by atoms with Crippen LogP contribution in [-0.4, -0.2) is 6.79 Å². The predicted molar refractivity (Wildman–Crippen MR) is 80.4 cm³/mol. The van der Waals surface area contributed by atoms with E-state index in [1.807, 2.05) is 54.6 Å². The third kappa shape index (κ3) is 4.08. The summed E-state index contributed by atoms with van der Waals surface area (Å²) < 4.78 is 11.2. The van der Waals surface area contributed by atoms with Gasteiger partial charge in [0.25, 0.3) is 0 Å². The molecule has 0 spiro atoms. The number of ether oxygens (including phenoxy) is 2. The van der Waals surface area contributed by atoms with Gasteiger partial charge >= 0.3 is 0 Å². The number of nitrogens with two attached hydrogens (primary N) is 1.